The molecular weight excluding hydrogens is 222 g/mol. The average molecular weight is 235 g/mol. The number of aromatic nitrogens is 1. The zero-order valence-electron chi connectivity index (χ0n) is 10.1. The maximum Gasteiger partial charge on any atom is 0.128 e. The number of hydrogen-bond donors (Lipinski definition) is 1. The van der Waals surface area contributed by atoms with Gasteiger partial charge in [-0.2, -0.15) is 5.26 Å². The predicted octanol–water partition coefficient (Wildman–Crippen LogP) is 2.93. The minimum absolute atomic E-state index is 0.0646. The number of anilines is 1. The van der Waals surface area contributed by atoms with Gasteiger partial charge in [0.2, 0.25) is 0 Å². The third-order valence-corrected chi connectivity index (χ3v) is 2.77. The molecule has 18 heavy (non-hydrogen) atoms. The fraction of sp³-hybridized carbons (Fsp3) is 0.200. The van der Waals surface area contributed by atoms with E-state index < -0.39 is 0 Å². The van der Waals surface area contributed by atoms with Gasteiger partial charge >= 0.3 is 0 Å². The highest BCUT2D eigenvalue weighted by atomic mass is 15.0. The fourth-order valence-electron chi connectivity index (χ4n) is 1.78. The van der Waals surface area contributed by atoms with Gasteiger partial charge in [0.1, 0.15) is 5.82 Å². The molecule has 0 aliphatic rings. The summed E-state index contributed by atoms with van der Waals surface area (Å²) in [6, 6.07) is 11.4. The second-order valence-corrected chi connectivity index (χ2v) is 3.96. The monoisotopic (exact) mass is 235 g/mol. The van der Waals surface area contributed by atoms with Crippen molar-refractivity contribution in [2.24, 2.45) is 0 Å². The van der Waals surface area contributed by atoms with Crippen LogP contribution in [-0.4, -0.2) is 11.0 Å². The minimum atomic E-state index is -0.0646. The molecule has 0 bridgehead atoms. The number of terminal acetylenes is 1. The Balaban J connectivity index is 2.48. The lowest BCUT2D eigenvalue weighted by molar-refractivity contribution is 0.852. The van der Waals surface area contributed by atoms with E-state index in [-0.39, 0.29) is 6.04 Å². The lowest BCUT2D eigenvalue weighted by atomic mass is 10.1. The smallest absolute Gasteiger partial charge is 0.128 e. The zero-order chi connectivity index (χ0) is 13.0. The summed E-state index contributed by atoms with van der Waals surface area (Å²) >= 11 is 0. The van der Waals surface area contributed by atoms with Crippen LogP contribution in [0, 0.1) is 23.7 Å². The third kappa shape index (κ3) is 2.26. The predicted molar refractivity (Wildman–Crippen MR) is 73.0 cm³/mol. The Kier molecular flexibility index (Phi) is 3.46. The summed E-state index contributed by atoms with van der Waals surface area (Å²) in [5.74, 6) is 3.30. The maximum absolute atomic E-state index is 9.16. The van der Waals surface area contributed by atoms with Crippen molar-refractivity contribution >= 4 is 16.7 Å². The molecule has 3 nitrogen and oxygen atoms in total. The lowest BCUT2D eigenvalue weighted by Gasteiger charge is -2.12. The van der Waals surface area contributed by atoms with Crippen molar-refractivity contribution in [3.63, 3.8) is 0 Å². The van der Waals surface area contributed by atoms with Gasteiger partial charge in [0.15, 0.2) is 0 Å². The molecule has 0 spiro atoms. The van der Waals surface area contributed by atoms with Crippen LogP contribution in [0.2, 0.25) is 0 Å². The van der Waals surface area contributed by atoms with Crippen molar-refractivity contribution in [2.45, 2.75) is 19.4 Å². The van der Waals surface area contributed by atoms with E-state index in [1.54, 1.807) is 6.07 Å². The van der Waals surface area contributed by atoms with E-state index in [9.17, 15) is 0 Å². The molecule has 1 heterocycles. The van der Waals surface area contributed by atoms with Crippen molar-refractivity contribution < 1.29 is 0 Å². The van der Waals surface area contributed by atoms with Gasteiger partial charge in [0.25, 0.3) is 0 Å². The highest BCUT2D eigenvalue weighted by Crippen LogP contribution is 2.20. The van der Waals surface area contributed by atoms with Gasteiger partial charge in [-0.05, 0) is 18.6 Å². The summed E-state index contributed by atoms with van der Waals surface area (Å²) in [6.07, 6.45) is 6.22. The van der Waals surface area contributed by atoms with Gasteiger partial charge in [0.05, 0.1) is 23.2 Å². The van der Waals surface area contributed by atoms with Crippen LogP contribution < -0.4 is 5.32 Å². The average Bonchev–Trinajstić information content (AvgIpc) is 2.43. The van der Waals surface area contributed by atoms with Crippen LogP contribution in [0.5, 0.6) is 0 Å². The number of hydrogen-bond acceptors (Lipinski definition) is 3. The Labute approximate surface area is 106 Å². The van der Waals surface area contributed by atoms with Crippen LogP contribution in [0.25, 0.3) is 10.9 Å². The van der Waals surface area contributed by atoms with Crippen LogP contribution in [-0.2, 0) is 0 Å². The van der Waals surface area contributed by atoms with Gasteiger partial charge in [-0.1, -0.05) is 31.0 Å². The molecule has 1 aromatic carbocycles. The first-order valence-corrected chi connectivity index (χ1v) is 5.81. The van der Waals surface area contributed by atoms with Gasteiger partial charge in [0, 0.05) is 5.39 Å². The van der Waals surface area contributed by atoms with E-state index in [1.807, 2.05) is 31.2 Å². The largest absolute Gasteiger partial charge is 0.356 e. The minimum Gasteiger partial charge on any atom is -0.356 e. The second kappa shape index (κ2) is 5.21. The molecular formula is C15H13N3. The zero-order valence-corrected chi connectivity index (χ0v) is 10.1. The van der Waals surface area contributed by atoms with Crippen molar-refractivity contribution in [1.82, 2.24) is 4.98 Å². The first-order chi connectivity index (χ1) is 8.78. The molecule has 2 aromatic rings. The lowest BCUT2D eigenvalue weighted by Crippen LogP contribution is -2.16. The summed E-state index contributed by atoms with van der Waals surface area (Å²) < 4.78 is 0. The molecule has 0 aliphatic heterocycles. The number of fused-ring (bicyclic) bond motifs is 1. The van der Waals surface area contributed by atoms with Crippen LogP contribution in [0.4, 0.5) is 5.82 Å². The molecule has 0 amide bonds. The highest BCUT2D eigenvalue weighted by molar-refractivity contribution is 5.86. The SMILES string of the molecule is C#CC(CC)Nc1cc(C#N)c2ccccc2n1. The first-order valence-electron chi connectivity index (χ1n) is 5.81. The molecule has 1 unspecified atom stereocenters. The van der Waals surface area contributed by atoms with E-state index in [0.717, 1.165) is 17.3 Å². The molecule has 1 atom stereocenters. The fourth-order valence-corrected chi connectivity index (χ4v) is 1.78. The summed E-state index contributed by atoms with van der Waals surface area (Å²) in [5.41, 5.74) is 1.40. The first kappa shape index (κ1) is 12.0. The standard InChI is InChI=1S/C15H13N3/c1-3-12(4-2)17-15-9-11(10-16)13-7-5-6-8-14(13)18-15/h1,5-9,12H,4H2,2H3,(H,17,18). The maximum atomic E-state index is 9.16. The van der Waals surface area contributed by atoms with Crippen LogP contribution in [0.15, 0.2) is 30.3 Å². The number of pyridine rings is 1. The molecule has 0 fully saturated rings. The molecule has 1 aromatic heterocycles. The Bertz CT molecular complexity index is 647. The van der Waals surface area contributed by atoms with Crippen LogP contribution in [0.3, 0.4) is 0 Å². The van der Waals surface area contributed by atoms with Gasteiger partial charge in [-0.15, -0.1) is 6.42 Å². The second-order valence-electron chi connectivity index (χ2n) is 3.96. The van der Waals surface area contributed by atoms with Gasteiger partial charge in [-0.3, -0.25) is 0 Å². The number of rotatable bonds is 3. The molecule has 0 aliphatic carbocycles. The Hall–Kier alpha value is -2.52. The molecule has 88 valence electrons. The van der Waals surface area contributed by atoms with Crippen LogP contribution >= 0.6 is 0 Å². The summed E-state index contributed by atoms with van der Waals surface area (Å²) in [4.78, 5) is 4.46. The van der Waals surface area contributed by atoms with E-state index in [1.165, 1.54) is 0 Å². The van der Waals surface area contributed by atoms with Crippen molar-refractivity contribution in [2.75, 3.05) is 5.32 Å². The highest BCUT2D eigenvalue weighted by Gasteiger charge is 2.07. The van der Waals surface area contributed by atoms with E-state index in [0.29, 0.717) is 11.4 Å². The normalized spacial score (nSPS) is 11.5. The summed E-state index contributed by atoms with van der Waals surface area (Å²) in [5, 5.41) is 13.2. The number of benzene rings is 1. The number of nitrogens with zero attached hydrogens (tertiary/aromatic N) is 2. The Morgan fingerprint density at radius 3 is 2.89 bits per heavy atom. The third-order valence-electron chi connectivity index (χ3n) is 2.77. The van der Waals surface area contributed by atoms with E-state index in [4.69, 9.17) is 11.7 Å². The van der Waals surface area contributed by atoms with Crippen LogP contribution in [0.1, 0.15) is 18.9 Å². The molecule has 3 heteroatoms. The van der Waals surface area contributed by atoms with Crippen molar-refractivity contribution in [3.05, 3.63) is 35.9 Å². The van der Waals surface area contributed by atoms with Crippen molar-refractivity contribution in [1.29, 1.82) is 5.26 Å². The number of nitrogens with one attached hydrogen (secondary N) is 1. The topological polar surface area (TPSA) is 48.7 Å². The van der Waals surface area contributed by atoms with Gasteiger partial charge < -0.3 is 5.32 Å². The molecule has 0 saturated heterocycles. The number of para-hydroxylation sites is 1. The molecule has 0 saturated carbocycles. The quantitative estimate of drug-likeness (QED) is 0.832. The summed E-state index contributed by atoms with van der Waals surface area (Å²) in [7, 11) is 0. The van der Waals surface area contributed by atoms with Crippen molar-refractivity contribution in [3.8, 4) is 18.4 Å². The molecule has 0 radical (unpaired) electrons. The molecule has 2 rings (SSSR count). The number of nitriles is 1. The van der Waals surface area contributed by atoms with Gasteiger partial charge in [-0.25, -0.2) is 4.98 Å². The Morgan fingerprint density at radius 1 is 1.44 bits per heavy atom. The Morgan fingerprint density at radius 2 is 2.22 bits per heavy atom. The van der Waals surface area contributed by atoms with E-state index in [2.05, 4.69) is 22.3 Å². The summed E-state index contributed by atoms with van der Waals surface area (Å²) in [6.45, 7) is 2.00. The molecule has 1 N–H and O–H groups in total. The van der Waals surface area contributed by atoms with E-state index >= 15 is 0 Å².